The Bertz CT molecular complexity index is 1580. The lowest BCUT2D eigenvalue weighted by Gasteiger charge is -2.35. The number of hydrogen-bond acceptors (Lipinski definition) is 4. The quantitative estimate of drug-likeness (QED) is 0.113. The molecule has 2 amide bonds. The van der Waals surface area contributed by atoms with Crippen LogP contribution in [0.15, 0.2) is 97.2 Å². The fourth-order valence-electron chi connectivity index (χ4n) is 4.24. The molecule has 45 heavy (non-hydrogen) atoms. The van der Waals surface area contributed by atoms with Gasteiger partial charge in [0.15, 0.2) is 0 Å². The van der Waals surface area contributed by atoms with Crippen LogP contribution in [-0.2, 0) is 12.0 Å². The molecule has 3 aromatic carbocycles. The van der Waals surface area contributed by atoms with E-state index in [1.807, 2.05) is 22.6 Å². The van der Waals surface area contributed by atoms with E-state index in [0.29, 0.717) is 5.56 Å². The van der Waals surface area contributed by atoms with E-state index < -0.39 is 48.1 Å². The van der Waals surface area contributed by atoms with E-state index in [1.165, 1.54) is 18.3 Å². The van der Waals surface area contributed by atoms with Gasteiger partial charge < -0.3 is 20.1 Å². The highest BCUT2D eigenvalue weighted by molar-refractivity contribution is 14.1. The lowest BCUT2D eigenvalue weighted by Crippen LogP contribution is -2.50. The summed E-state index contributed by atoms with van der Waals surface area (Å²) in [6.07, 6.45) is -16.2. The summed E-state index contributed by atoms with van der Waals surface area (Å²) in [7, 11) is 0. The Kier molecular flexibility index (Phi) is 10.4. The highest BCUT2D eigenvalue weighted by atomic mass is 127. The average Bonchev–Trinajstić information content (AvgIpc) is 2.98. The summed E-state index contributed by atoms with van der Waals surface area (Å²) in [5, 5.41) is 5.30. The number of nitrogens with one attached hydrogen (secondary N) is 2. The lowest BCUT2D eigenvalue weighted by molar-refractivity contribution is -0.253. The molecule has 2 N–H and O–H groups in total. The van der Waals surface area contributed by atoms with Crippen molar-refractivity contribution in [2.75, 3.05) is 5.32 Å². The van der Waals surface area contributed by atoms with Gasteiger partial charge in [-0.2, -0.15) is 35.1 Å². The summed E-state index contributed by atoms with van der Waals surface area (Å²) in [6, 6.07) is 20.1. The standard InChI is InChI=1S/C30H22F8IN3O3/c31-25(32)29(35,36)44-22-12-10-21(11-13-22)41-27(43)42-28(16-18-5-2-1-3-6-18,24-14-9-20(39)17-40-24)19-7-4-8-23(15-19)45-30(37,38)26(33)34/h1-15,17,25-26H,16H2,(H2,41,42,43)/t28-/m0/s1. The number of alkyl halides is 8. The van der Waals surface area contributed by atoms with Gasteiger partial charge in [0.05, 0.1) is 5.69 Å². The molecule has 0 aliphatic rings. The van der Waals surface area contributed by atoms with Gasteiger partial charge >= 0.3 is 31.1 Å². The molecule has 4 rings (SSSR count). The van der Waals surface area contributed by atoms with Crippen molar-refractivity contribution in [3.63, 3.8) is 0 Å². The molecule has 4 aromatic rings. The molecule has 0 saturated heterocycles. The zero-order chi connectivity index (χ0) is 32.8. The molecule has 0 aliphatic heterocycles. The number of halogens is 9. The zero-order valence-corrected chi connectivity index (χ0v) is 24.8. The molecule has 0 radical (unpaired) electrons. The highest BCUT2D eigenvalue weighted by Crippen LogP contribution is 2.37. The normalized spacial score (nSPS) is 13.3. The molecular formula is C30H22F8IN3O3. The van der Waals surface area contributed by atoms with Crippen LogP contribution >= 0.6 is 22.6 Å². The van der Waals surface area contributed by atoms with Crippen LogP contribution in [0.2, 0.25) is 0 Å². The third-order valence-corrected chi connectivity index (χ3v) is 6.90. The molecule has 0 bridgehead atoms. The summed E-state index contributed by atoms with van der Waals surface area (Å²) in [4.78, 5) is 18.0. The number of carbonyl (C=O) groups excluding carboxylic acids is 1. The smallest absolute Gasteiger partial charge is 0.428 e. The van der Waals surface area contributed by atoms with Gasteiger partial charge in [-0.25, -0.2) is 4.79 Å². The number of pyridine rings is 1. The first kappa shape index (κ1) is 33.7. The molecule has 0 aliphatic carbocycles. The number of benzene rings is 3. The first-order valence-electron chi connectivity index (χ1n) is 12.9. The monoisotopic (exact) mass is 751 g/mol. The summed E-state index contributed by atoms with van der Waals surface area (Å²) >= 11 is 2.01. The van der Waals surface area contributed by atoms with E-state index in [0.717, 1.165) is 40.0 Å². The number of hydrogen-bond donors (Lipinski definition) is 2. The lowest BCUT2D eigenvalue weighted by atomic mass is 9.80. The van der Waals surface area contributed by atoms with E-state index in [-0.39, 0.29) is 23.4 Å². The number of aromatic nitrogens is 1. The number of nitrogens with zero attached hydrogens (tertiary/aromatic N) is 1. The minimum absolute atomic E-state index is 0.0148. The van der Waals surface area contributed by atoms with Gasteiger partial charge in [-0.1, -0.05) is 42.5 Å². The third kappa shape index (κ3) is 8.52. The van der Waals surface area contributed by atoms with Crippen LogP contribution in [0.3, 0.4) is 0 Å². The molecule has 238 valence electrons. The van der Waals surface area contributed by atoms with Crippen LogP contribution in [-0.4, -0.2) is 36.1 Å². The number of anilines is 1. The van der Waals surface area contributed by atoms with Crippen molar-refractivity contribution >= 4 is 34.3 Å². The molecule has 1 heterocycles. The summed E-state index contributed by atoms with van der Waals surface area (Å²) in [5.41, 5.74) is -0.562. The van der Waals surface area contributed by atoms with Gasteiger partial charge in [-0.15, -0.1) is 0 Å². The largest absolute Gasteiger partial charge is 0.461 e. The van der Waals surface area contributed by atoms with Crippen molar-refractivity contribution in [1.29, 1.82) is 0 Å². The minimum Gasteiger partial charge on any atom is -0.428 e. The fraction of sp³-hybridized carbons (Fsp3) is 0.200. The molecular weight excluding hydrogens is 729 g/mol. The van der Waals surface area contributed by atoms with E-state index in [1.54, 1.807) is 42.5 Å². The fourth-order valence-corrected chi connectivity index (χ4v) is 4.56. The van der Waals surface area contributed by atoms with Crippen molar-refractivity contribution in [2.24, 2.45) is 0 Å². The maximum atomic E-state index is 13.8. The first-order valence-corrected chi connectivity index (χ1v) is 13.9. The van der Waals surface area contributed by atoms with E-state index in [9.17, 15) is 39.9 Å². The predicted molar refractivity (Wildman–Crippen MR) is 156 cm³/mol. The second kappa shape index (κ2) is 13.9. The Morgan fingerprint density at radius 1 is 0.778 bits per heavy atom. The van der Waals surface area contributed by atoms with Crippen LogP contribution in [0.5, 0.6) is 11.5 Å². The van der Waals surface area contributed by atoms with Gasteiger partial charge in [-0.3, -0.25) is 4.98 Å². The first-order chi connectivity index (χ1) is 21.2. The average molecular weight is 751 g/mol. The summed E-state index contributed by atoms with van der Waals surface area (Å²) in [5.74, 6) is -1.20. The van der Waals surface area contributed by atoms with Gasteiger partial charge in [-0.05, 0) is 82.2 Å². The maximum absolute atomic E-state index is 13.8. The third-order valence-electron chi connectivity index (χ3n) is 6.26. The van der Waals surface area contributed by atoms with Crippen molar-refractivity contribution in [1.82, 2.24) is 10.3 Å². The minimum atomic E-state index is -4.80. The van der Waals surface area contributed by atoms with Crippen LogP contribution in [0.4, 0.5) is 45.6 Å². The van der Waals surface area contributed by atoms with Gasteiger partial charge in [0.2, 0.25) is 0 Å². The van der Waals surface area contributed by atoms with Crippen molar-refractivity contribution in [3.05, 3.63) is 118 Å². The Labute approximate surface area is 264 Å². The van der Waals surface area contributed by atoms with Crippen LogP contribution in [0, 0.1) is 3.57 Å². The Hall–Kier alpha value is -4.15. The van der Waals surface area contributed by atoms with Crippen molar-refractivity contribution in [2.45, 2.75) is 37.0 Å². The number of rotatable bonds is 12. The van der Waals surface area contributed by atoms with Crippen LogP contribution in [0.25, 0.3) is 0 Å². The predicted octanol–water partition coefficient (Wildman–Crippen LogP) is 8.47. The second-order valence-corrected chi connectivity index (χ2v) is 10.7. The van der Waals surface area contributed by atoms with Crippen LogP contribution in [0.1, 0.15) is 16.8 Å². The summed E-state index contributed by atoms with van der Waals surface area (Å²) in [6.45, 7) is 0. The zero-order valence-electron chi connectivity index (χ0n) is 22.7. The van der Waals surface area contributed by atoms with Gasteiger partial charge in [0.1, 0.15) is 17.0 Å². The molecule has 1 aromatic heterocycles. The molecule has 0 saturated carbocycles. The highest BCUT2D eigenvalue weighted by Gasteiger charge is 2.45. The number of ether oxygens (including phenoxy) is 2. The topological polar surface area (TPSA) is 72.5 Å². The molecule has 6 nitrogen and oxygen atoms in total. The molecule has 1 atom stereocenters. The maximum Gasteiger partial charge on any atom is 0.461 e. The summed E-state index contributed by atoms with van der Waals surface area (Å²) < 4.78 is 114. The van der Waals surface area contributed by atoms with E-state index >= 15 is 0 Å². The molecule has 15 heteroatoms. The van der Waals surface area contributed by atoms with E-state index in [4.69, 9.17) is 0 Å². The molecule has 0 unspecified atom stereocenters. The van der Waals surface area contributed by atoms with Gasteiger partial charge in [0.25, 0.3) is 0 Å². The van der Waals surface area contributed by atoms with Gasteiger partial charge in [0, 0.05) is 21.9 Å². The Morgan fingerprint density at radius 2 is 1.40 bits per heavy atom. The second-order valence-electron chi connectivity index (χ2n) is 9.49. The van der Waals surface area contributed by atoms with Crippen LogP contribution < -0.4 is 20.1 Å². The Morgan fingerprint density at radius 3 is 1.98 bits per heavy atom. The van der Waals surface area contributed by atoms with Crippen molar-refractivity contribution < 1.29 is 49.4 Å². The number of urea groups is 1. The Balaban J connectivity index is 1.74. The van der Waals surface area contributed by atoms with Crippen molar-refractivity contribution in [3.8, 4) is 11.5 Å². The SMILES string of the molecule is O=C(Nc1ccc(OC(F)(F)C(F)F)cc1)N[C@@](Cc1ccccc1)(c1cccc(OC(F)(F)C(F)F)c1)c1ccc(I)cn1. The molecule has 0 fully saturated rings. The van der Waals surface area contributed by atoms with E-state index in [2.05, 4.69) is 25.1 Å². The number of carbonyl (C=O) groups is 1. The number of amides is 2. The molecule has 0 spiro atoms.